The van der Waals surface area contributed by atoms with Crippen LogP contribution in [-0.4, -0.2) is 89.7 Å². The Labute approximate surface area is 132 Å². The zero-order valence-electron chi connectivity index (χ0n) is 12.9. The minimum Gasteiger partial charge on any atom is -0.394 e. The highest BCUT2D eigenvalue weighted by Crippen LogP contribution is 2.16. The summed E-state index contributed by atoms with van der Waals surface area (Å²) in [6.07, 6.45) is -4.81. The maximum absolute atomic E-state index is 10.1. The summed E-state index contributed by atoms with van der Waals surface area (Å²) < 4.78 is 1.48. The van der Waals surface area contributed by atoms with E-state index in [4.69, 9.17) is 5.11 Å². The molecule has 10 heteroatoms. The summed E-state index contributed by atoms with van der Waals surface area (Å²) in [5.74, 6) is 0.992. The molecule has 23 heavy (non-hydrogen) atoms. The fourth-order valence-corrected chi connectivity index (χ4v) is 2.23. The standard InChI is InChI=1S/C13H21N5O5/c1-7-3-10(18-13(16-7)14-6-15-18)17(2)4-8(20)11(22)12(23)9(21)5-19/h3,6,8-9,11-12,19-23H,4-5H2,1-2H3/t8-,9+,11-,12+/m0/s1. The topological polar surface area (TPSA) is 147 Å². The van der Waals surface area contributed by atoms with Crippen molar-refractivity contribution in [1.29, 1.82) is 0 Å². The molecule has 2 aromatic heterocycles. The van der Waals surface area contributed by atoms with Crippen molar-refractivity contribution in [1.82, 2.24) is 19.6 Å². The van der Waals surface area contributed by atoms with Gasteiger partial charge in [-0.1, -0.05) is 0 Å². The Bertz CT molecular complexity index is 651. The number of aliphatic hydroxyl groups excluding tert-OH is 5. The van der Waals surface area contributed by atoms with Crippen LogP contribution in [0.5, 0.6) is 0 Å². The molecule has 0 bridgehead atoms. The molecule has 0 aliphatic heterocycles. The SMILES string of the molecule is Cc1cc(N(C)C[C@H](O)[C@H](O)[C@H](O)[C@H](O)CO)n2ncnc2n1. The lowest BCUT2D eigenvalue weighted by Crippen LogP contribution is -2.49. The molecule has 2 heterocycles. The van der Waals surface area contributed by atoms with E-state index in [1.807, 2.05) is 0 Å². The van der Waals surface area contributed by atoms with Crippen LogP contribution in [0.3, 0.4) is 0 Å². The lowest BCUT2D eigenvalue weighted by Gasteiger charge is -2.29. The van der Waals surface area contributed by atoms with E-state index in [-0.39, 0.29) is 6.54 Å². The highest BCUT2D eigenvalue weighted by atomic mass is 16.4. The molecule has 0 saturated heterocycles. The average Bonchev–Trinajstić information content (AvgIpc) is 2.99. The molecule has 0 radical (unpaired) electrons. The first-order valence-electron chi connectivity index (χ1n) is 7.06. The summed E-state index contributed by atoms with van der Waals surface area (Å²) in [7, 11) is 1.67. The number of rotatable bonds is 7. The predicted octanol–water partition coefficient (Wildman–Crippen LogP) is -2.70. The minimum absolute atomic E-state index is 0.0468. The summed E-state index contributed by atoms with van der Waals surface area (Å²) in [6, 6.07) is 1.74. The predicted molar refractivity (Wildman–Crippen MR) is 79.9 cm³/mol. The van der Waals surface area contributed by atoms with Crippen molar-refractivity contribution in [2.24, 2.45) is 0 Å². The van der Waals surface area contributed by atoms with Gasteiger partial charge in [0.05, 0.1) is 12.7 Å². The van der Waals surface area contributed by atoms with E-state index >= 15 is 0 Å². The van der Waals surface area contributed by atoms with Gasteiger partial charge in [-0.25, -0.2) is 4.98 Å². The Balaban J connectivity index is 2.14. The van der Waals surface area contributed by atoms with Crippen molar-refractivity contribution in [2.75, 3.05) is 25.1 Å². The number of nitrogens with zero attached hydrogens (tertiary/aromatic N) is 5. The average molecular weight is 327 g/mol. The first kappa shape index (κ1) is 17.5. The monoisotopic (exact) mass is 327 g/mol. The molecule has 4 atom stereocenters. The Morgan fingerprint density at radius 3 is 2.48 bits per heavy atom. The smallest absolute Gasteiger partial charge is 0.254 e. The second kappa shape index (κ2) is 7.15. The number of hydrogen-bond acceptors (Lipinski definition) is 9. The molecular formula is C13H21N5O5. The molecule has 0 aromatic carbocycles. The van der Waals surface area contributed by atoms with E-state index < -0.39 is 31.0 Å². The van der Waals surface area contributed by atoms with Crippen LogP contribution in [0.1, 0.15) is 5.69 Å². The molecule has 2 rings (SSSR count). The third-order valence-electron chi connectivity index (χ3n) is 3.54. The lowest BCUT2D eigenvalue weighted by atomic mass is 10.0. The maximum atomic E-state index is 10.1. The zero-order valence-corrected chi connectivity index (χ0v) is 12.9. The molecule has 10 nitrogen and oxygen atoms in total. The van der Waals surface area contributed by atoms with Gasteiger partial charge in [-0.15, -0.1) is 0 Å². The quantitative estimate of drug-likeness (QED) is 0.366. The zero-order chi connectivity index (χ0) is 17.1. The largest absolute Gasteiger partial charge is 0.394 e. The number of anilines is 1. The van der Waals surface area contributed by atoms with Gasteiger partial charge >= 0.3 is 0 Å². The van der Waals surface area contributed by atoms with Crippen LogP contribution in [0.2, 0.25) is 0 Å². The number of fused-ring (bicyclic) bond motifs is 1. The van der Waals surface area contributed by atoms with Crippen LogP contribution in [0.4, 0.5) is 5.82 Å². The Morgan fingerprint density at radius 1 is 1.17 bits per heavy atom. The van der Waals surface area contributed by atoms with E-state index in [2.05, 4.69) is 15.1 Å². The summed E-state index contributed by atoms with van der Waals surface area (Å²) >= 11 is 0. The first-order valence-corrected chi connectivity index (χ1v) is 7.06. The molecule has 5 N–H and O–H groups in total. The molecule has 0 spiro atoms. The van der Waals surface area contributed by atoms with Crippen molar-refractivity contribution >= 4 is 11.6 Å². The molecule has 0 saturated carbocycles. The number of aliphatic hydroxyl groups is 5. The number of aryl methyl sites for hydroxylation is 1. The molecule has 128 valence electrons. The minimum atomic E-state index is -1.66. The molecule has 0 aliphatic rings. The van der Waals surface area contributed by atoms with Gasteiger partial charge in [-0.3, -0.25) is 0 Å². The van der Waals surface area contributed by atoms with Crippen molar-refractivity contribution in [3.8, 4) is 0 Å². The van der Waals surface area contributed by atoms with Crippen LogP contribution in [-0.2, 0) is 0 Å². The van der Waals surface area contributed by atoms with Gasteiger partial charge in [0.15, 0.2) is 0 Å². The number of aromatic nitrogens is 4. The van der Waals surface area contributed by atoms with Crippen molar-refractivity contribution in [3.63, 3.8) is 0 Å². The van der Waals surface area contributed by atoms with E-state index in [1.165, 1.54) is 10.8 Å². The van der Waals surface area contributed by atoms with E-state index in [0.29, 0.717) is 17.3 Å². The fraction of sp³-hybridized carbons (Fsp3) is 0.615. The number of likely N-dealkylation sites (N-methyl/N-ethyl adjacent to an activating group) is 1. The van der Waals surface area contributed by atoms with Crippen LogP contribution >= 0.6 is 0 Å². The third-order valence-corrected chi connectivity index (χ3v) is 3.54. The van der Waals surface area contributed by atoms with Crippen LogP contribution in [0.25, 0.3) is 5.78 Å². The van der Waals surface area contributed by atoms with Gasteiger partial charge in [-0.2, -0.15) is 14.6 Å². The molecule has 2 aromatic rings. The number of hydrogen-bond donors (Lipinski definition) is 5. The Kier molecular flexibility index (Phi) is 5.44. The van der Waals surface area contributed by atoms with Crippen LogP contribution in [0.15, 0.2) is 12.4 Å². The summed E-state index contributed by atoms with van der Waals surface area (Å²) in [5.41, 5.74) is 0.707. The van der Waals surface area contributed by atoms with Crippen LogP contribution < -0.4 is 4.90 Å². The van der Waals surface area contributed by atoms with Crippen LogP contribution in [0, 0.1) is 6.92 Å². The van der Waals surface area contributed by atoms with E-state index in [9.17, 15) is 20.4 Å². The van der Waals surface area contributed by atoms with E-state index in [0.717, 1.165) is 0 Å². The van der Waals surface area contributed by atoms with Crippen molar-refractivity contribution in [2.45, 2.75) is 31.3 Å². The van der Waals surface area contributed by atoms with Gasteiger partial charge in [-0.05, 0) is 6.92 Å². The summed E-state index contributed by atoms with van der Waals surface area (Å²) in [4.78, 5) is 9.82. The third kappa shape index (κ3) is 3.74. The molecule has 0 amide bonds. The van der Waals surface area contributed by atoms with Crippen molar-refractivity contribution < 1.29 is 25.5 Å². The lowest BCUT2D eigenvalue weighted by molar-refractivity contribution is -0.112. The van der Waals surface area contributed by atoms with Gasteiger partial charge < -0.3 is 30.4 Å². The van der Waals surface area contributed by atoms with Gasteiger partial charge in [0.1, 0.15) is 30.5 Å². The molecular weight excluding hydrogens is 306 g/mol. The normalized spacial score (nSPS) is 17.0. The highest BCUT2D eigenvalue weighted by Gasteiger charge is 2.31. The maximum Gasteiger partial charge on any atom is 0.254 e. The fourth-order valence-electron chi connectivity index (χ4n) is 2.23. The summed E-state index contributed by atoms with van der Waals surface area (Å²) in [5, 5.41) is 51.7. The first-order chi connectivity index (χ1) is 10.8. The second-order valence-electron chi connectivity index (χ2n) is 5.41. The van der Waals surface area contributed by atoms with Gasteiger partial charge in [0.25, 0.3) is 5.78 Å². The Morgan fingerprint density at radius 2 is 1.83 bits per heavy atom. The molecule has 0 aliphatic carbocycles. The molecule has 0 fully saturated rings. The van der Waals surface area contributed by atoms with Crippen molar-refractivity contribution in [3.05, 3.63) is 18.1 Å². The van der Waals surface area contributed by atoms with Gasteiger partial charge in [0.2, 0.25) is 0 Å². The summed E-state index contributed by atoms with van der Waals surface area (Å²) in [6.45, 7) is 1.03. The Hall–Kier alpha value is -1.85. The highest BCUT2D eigenvalue weighted by molar-refractivity contribution is 5.46. The van der Waals surface area contributed by atoms with Gasteiger partial charge in [0, 0.05) is 25.4 Å². The second-order valence-corrected chi connectivity index (χ2v) is 5.41. The van der Waals surface area contributed by atoms with E-state index in [1.54, 1.807) is 24.9 Å². The molecule has 0 unspecified atom stereocenters.